The molecule has 4 heterocycles. The Kier molecular flexibility index (Phi) is 4.64. The first-order valence-electron chi connectivity index (χ1n) is 8.89. The van der Waals surface area contributed by atoms with Gasteiger partial charge in [0, 0.05) is 18.8 Å². The monoisotopic (exact) mass is 382 g/mol. The number of aromatic hydroxyl groups is 1. The van der Waals surface area contributed by atoms with Gasteiger partial charge in [-0.2, -0.15) is 4.98 Å². The topological polar surface area (TPSA) is 105 Å². The van der Waals surface area contributed by atoms with Gasteiger partial charge in [-0.05, 0) is 24.6 Å². The van der Waals surface area contributed by atoms with Crippen molar-refractivity contribution in [3.05, 3.63) is 48.3 Å². The number of carbonyl (C=O) groups is 1. The van der Waals surface area contributed by atoms with Crippen LogP contribution in [0.2, 0.25) is 0 Å². The van der Waals surface area contributed by atoms with Gasteiger partial charge in [0.15, 0.2) is 0 Å². The quantitative estimate of drug-likeness (QED) is 0.700. The number of pyridine rings is 2. The van der Waals surface area contributed by atoms with Crippen LogP contribution >= 0.6 is 0 Å². The lowest BCUT2D eigenvalue weighted by atomic mass is 10.2. The fraction of sp³-hybridized carbons (Fsp3) is 0.263. The van der Waals surface area contributed by atoms with Gasteiger partial charge in [0.25, 0.3) is 5.91 Å². The third-order valence-corrected chi connectivity index (χ3v) is 4.70. The summed E-state index contributed by atoms with van der Waals surface area (Å²) in [5, 5.41) is 20.6. The molecule has 2 aromatic heterocycles. The molecule has 0 bridgehead atoms. The van der Waals surface area contributed by atoms with Gasteiger partial charge in [-0.3, -0.25) is 9.69 Å². The summed E-state index contributed by atoms with van der Waals surface area (Å²) in [5.74, 6) is 0.451. The molecular formula is C19H19FN6O2. The molecule has 8 nitrogen and oxygen atoms in total. The minimum atomic E-state index is -0.812. The normalized spacial score (nSPS) is 21.0. The van der Waals surface area contributed by atoms with Crippen LogP contribution in [0.4, 0.5) is 21.7 Å². The van der Waals surface area contributed by atoms with Gasteiger partial charge >= 0.3 is 0 Å². The molecule has 144 valence electrons. The maximum absolute atomic E-state index is 13.3. The Labute approximate surface area is 160 Å². The average molecular weight is 382 g/mol. The van der Waals surface area contributed by atoms with Gasteiger partial charge < -0.3 is 20.7 Å². The summed E-state index contributed by atoms with van der Waals surface area (Å²) in [7, 11) is 0. The van der Waals surface area contributed by atoms with E-state index in [1.807, 2.05) is 4.90 Å². The average Bonchev–Trinajstić information content (AvgIpc) is 3.24. The van der Waals surface area contributed by atoms with E-state index < -0.39 is 6.17 Å². The smallest absolute Gasteiger partial charge is 0.263 e. The highest BCUT2D eigenvalue weighted by Crippen LogP contribution is 2.24. The number of nitrogens with one attached hydrogen (secondary N) is 2. The fourth-order valence-corrected chi connectivity index (χ4v) is 3.23. The Morgan fingerprint density at radius 2 is 2.14 bits per heavy atom. The lowest BCUT2D eigenvalue weighted by Gasteiger charge is -2.16. The van der Waals surface area contributed by atoms with E-state index in [9.17, 15) is 14.3 Å². The molecule has 3 N–H and O–H groups in total. The van der Waals surface area contributed by atoms with E-state index >= 15 is 0 Å². The molecule has 1 amide bonds. The predicted molar refractivity (Wildman–Crippen MR) is 104 cm³/mol. The summed E-state index contributed by atoms with van der Waals surface area (Å²) in [6.45, 7) is 1.09. The number of hydrogen-bond acceptors (Lipinski definition) is 7. The van der Waals surface area contributed by atoms with E-state index in [2.05, 4.69) is 15.3 Å². The molecular weight excluding hydrogens is 363 g/mol. The van der Waals surface area contributed by atoms with Crippen LogP contribution in [0.3, 0.4) is 0 Å². The second kappa shape index (κ2) is 7.26. The molecule has 0 aliphatic carbocycles. The van der Waals surface area contributed by atoms with E-state index in [4.69, 9.17) is 5.41 Å². The third kappa shape index (κ3) is 3.51. The van der Waals surface area contributed by atoms with E-state index in [0.717, 1.165) is 0 Å². The third-order valence-electron chi connectivity index (χ3n) is 4.70. The largest absolute Gasteiger partial charge is 0.493 e. The van der Waals surface area contributed by atoms with Crippen LogP contribution in [-0.2, 0) is 4.79 Å². The number of carbonyl (C=O) groups excluding carboxylic acids is 1. The minimum Gasteiger partial charge on any atom is -0.493 e. The summed E-state index contributed by atoms with van der Waals surface area (Å²) in [5.41, 5.74) is 1.02. The summed E-state index contributed by atoms with van der Waals surface area (Å²) < 4.78 is 13.3. The van der Waals surface area contributed by atoms with Crippen molar-refractivity contribution in [3.63, 3.8) is 0 Å². The van der Waals surface area contributed by atoms with Crippen LogP contribution in [0.1, 0.15) is 6.42 Å². The standard InChI is InChI=1S/C19H19FN6O2/c20-12-6-7-25(10-12)16-5-4-13(8-23-16)22-9-14-15(21)11-26(19(14)28)17-2-1-3-18(27)24-17/h1-5,8-9,12,21-22H,6-7,10-11H2,(H,24,27)/b14-9+,21-15?/t12-/m0/s1. The number of nitrogens with zero attached hydrogens (tertiary/aromatic N) is 4. The van der Waals surface area contributed by atoms with E-state index in [1.54, 1.807) is 30.5 Å². The predicted octanol–water partition coefficient (Wildman–Crippen LogP) is 2.09. The van der Waals surface area contributed by atoms with Crippen LogP contribution in [0.25, 0.3) is 0 Å². The van der Waals surface area contributed by atoms with Crippen LogP contribution < -0.4 is 15.1 Å². The SMILES string of the molecule is N=C1CN(c2cccc(O)n2)C(=O)/C1=C/Nc1ccc(N2CC[C@H](F)C2)nc1. The van der Waals surface area contributed by atoms with Crippen LogP contribution in [0.15, 0.2) is 48.3 Å². The summed E-state index contributed by atoms with van der Waals surface area (Å²) >= 11 is 0. The zero-order chi connectivity index (χ0) is 19.7. The molecule has 1 atom stereocenters. The molecule has 28 heavy (non-hydrogen) atoms. The molecule has 0 spiro atoms. The van der Waals surface area contributed by atoms with Crippen LogP contribution in [0, 0.1) is 5.41 Å². The number of amides is 1. The van der Waals surface area contributed by atoms with E-state index in [-0.39, 0.29) is 29.6 Å². The zero-order valence-electron chi connectivity index (χ0n) is 15.0. The molecule has 0 saturated carbocycles. The van der Waals surface area contributed by atoms with Crippen molar-refractivity contribution in [2.24, 2.45) is 0 Å². The number of anilines is 3. The maximum atomic E-state index is 13.3. The molecule has 4 rings (SSSR count). The molecule has 0 unspecified atom stereocenters. The molecule has 2 aliphatic rings. The molecule has 0 aromatic carbocycles. The zero-order valence-corrected chi connectivity index (χ0v) is 15.0. The lowest BCUT2D eigenvalue weighted by molar-refractivity contribution is -0.114. The Balaban J connectivity index is 1.45. The Morgan fingerprint density at radius 3 is 2.82 bits per heavy atom. The second-order valence-electron chi connectivity index (χ2n) is 6.66. The Bertz CT molecular complexity index is 946. The first-order chi connectivity index (χ1) is 13.5. The summed E-state index contributed by atoms with van der Waals surface area (Å²) in [4.78, 5) is 24.1. The molecule has 2 aromatic rings. The minimum absolute atomic E-state index is 0.0827. The number of halogens is 1. The van der Waals surface area contributed by atoms with Gasteiger partial charge in [0.1, 0.15) is 17.8 Å². The van der Waals surface area contributed by atoms with Crippen molar-refractivity contribution < 1.29 is 14.3 Å². The van der Waals surface area contributed by atoms with Crippen molar-refractivity contribution in [1.82, 2.24) is 9.97 Å². The summed E-state index contributed by atoms with van der Waals surface area (Å²) in [6, 6.07) is 8.20. The maximum Gasteiger partial charge on any atom is 0.263 e. The molecule has 2 fully saturated rings. The van der Waals surface area contributed by atoms with Gasteiger partial charge in [-0.15, -0.1) is 0 Å². The Morgan fingerprint density at radius 1 is 1.29 bits per heavy atom. The highest BCUT2D eigenvalue weighted by atomic mass is 19.1. The van der Waals surface area contributed by atoms with Crippen LogP contribution in [0.5, 0.6) is 5.88 Å². The summed E-state index contributed by atoms with van der Waals surface area (Å²) in [6.07, 6.45) is 2.78. The highest BCUT2D eigenvalue weighted by molar-refractivity contribution is 6.32. The molecule has 9 heteroatoms. The van der Waals surface area contributed by atoms with Gasteiger partial charge in [-0.1, -0.05) is 6.07 Å². The van der Waals surface area contributed by atoms with Crippen molar-refractivity contribution in [2.75, 3.05) is 34.8 Å². The fourth-order valence-electron chi connectivity index (χ4n) is 3.23. The van der Waals surface area contributed by atoms with E-state index in [0.29, 0.717) is 36.8 Å². The van der Waals surface area contributed by atoms with Crippen LogP contribution in [-0.4, -0.2) is 52.5 Å². The van der Waals surface area contributed by atoms with Gasteiger partial charge in [-0.25, -0.2) is 9.37 Å². The molecule has 2 aliphatic heterocycles. The van der Waals surface area contributed by atoms with Crippen molar-refractivity contribution in [2.45, 2.75) is 12.6 Å². The van der Waals surface area contributed by atoms with Gasteiger partial charge in [0.05, 0.1) is 36.3 Å². The van der Waals surface area contributed by atoms with Crippen molar-refractivity contribution in [1.29, 1.82) is 5.41 Å². The van der Waals surface area contributed by atoms with E-state index in [1.165, 1.54) is 17.2 Å². The lowest BCUT2D eigenvalue weighted by Crippen LogP contribution is -2.25. The molecule has 0 radical (unpaired) electrons. The number of aromatic nitrogens is 2. The Hall–Kier alpha value is -3.49. The number of hydrogen-bond donors (Lipinski definition) is 3. The van der Waals surface area contributed by atoms with Crippen molar-refractivity contribution >= 4 is 28.9 Å². The van der Waals surface area contributed by atoms with Crippen molar-refractivity contribution in [3.8, 4) is 5.88 Å². The molecule has 2 saturated heterocycles. The van der Waals surface area contributed by atoms with Gasteiger partial charge in [0.2, 0.25) is 5.88 Å². The first-order valence-corrected chi connectivity index (χ1v) is 8.89. The first kappa shape index (κ1) is 17.9. The number of rotatable bonds is 4. The second-order valence-corrected chi connectivity index (χ2v) is 6.66. The highest BCUT2D eigenvalue weighted by Gasteiger charge is 2.32. The number of alkyl halides is 1.